The van der Waals surface area contributed by atoms with Crippen molar-refractivity contribution in [3.05, 3.63) is 90.3 Å². The summed E-state index contributed by atoms with van der Waals surface area (Å²) in [6, 6.07) is 20.8. The second-order valence-corrected chi connectivity index (χ2v) is 8.82. The number of benzene rings is 2. The second kappa shape index (κ2) is 10.9. The van der Waals surface area contributed by atoms with Crippen molar-refractivity contribution in [2.45, 2.75) is 31.5 Å². The maximum atomic E-state index is 12.8. The normalized spacial score (nSPS) is 11.7. The van der Waals surface area contributed by atoms with Crippen molar-refractivity contribution in [2.75, 3.05) is 5.75 Å². The Morgan fingerprint density at radius 2 is 1.68 bits per heavy atom. The van der Waals surface area contributed by atoms with Gasteiger partial charge in [0, 0.05) is 18.0 Å². The summed E-state index contributed by atoms with van der Waals surface area (Å²) < 4.78 is 1.95. The third kappa shape index (κ3) is 5.58. The van der Waals surface area contributed by atoms with Crippen molar-refractivity contribution >= 4 is 23.5 Å². The summed E-state index contributed by atoms with van der Waals surface area (Å²) in [6.45, 7) is 3.52. The van der Waals surface area contributed by atoms with E-state index < -0.39 is 6.04 Å². The lowest BCUT2D eigenvalue weighted by atomic mass is 10.0. The number of carbonyl (C=O) groups is 2. The minimum absolute atomic E-state index is 0.0785. The quantitative estimate of drug-likeness (QED) is 0.371. The predicted octanol–water partition coefficient (Wildman–Crippen LogP) is 4.05. The van der Waals surface area contributed by atoms with Crippen molar-refractivity contribution in [1.82, 2.24) is 25.1 Å². The van der Waals surface area contributed by atoms with E-state index in [2.05, 4.69) is 20.5 Å². The molecule has 8 heteroatoms. The van der Waals surface area contributed by atoms with Gasteiger partial charge in [-0.2, -0.15) is 0 Å². The Labute approximate surface area is 202 Å². The first-order valence-electron chi connectivity index (χ1n) is 10.9. The first-order chi connectivity index (χ1) is 16.5. The largest absolute Gasteiger partial charge is 0.345 e. The molecule has 7 nitrogen and oxygen atoms in total. The van der Waals surface area contributed by atoms with Gasteiger partial charge < -0.3 is 5.32 Å². The van der Waals surface area contributed by atoms with Gasteiger partial charge in [-0.15, -0.1) is 10.2 Å². The van der Waals surface area contributed by atoms with Crippen LogP contribution >= 0.6 is 11.8 Å². The molecule has 34 heavy (non-hydrogen) atoms. The molecule has 0 aliphatic rings. The number of nitrogens with one attached hydrogen (secondary N) is 1. The van der Waals surface area contributed by atoms with Crippen LogP contribution in [0.4, 0.5) is 0 Å². The number of ketones is 1. The number of aromatic nitrogens is 4. The monoisotopic (exact) mass is 471 g/mol. The minimum atomic E-state index is -0.572. The number of amides is 1. The number of aryl methyl sites for hydroxylation is 1. The van der Waals surface area contributed by atoms with Gasteiger partial charge in [-0.1, -0.05) is 60.3 Å². The highest BCUT2D eigenvalue weighted by atomic mass is 32.2. The Bertz CT molecular complexity index is 1270. The van der Waals surface area contributed by atoms with Crippen molar-refractivity contribution in [3.8, 4) is 17.1 Å². The molecule has 1 amide bonds. The van der Waals surface area contributed by atoms with Gasteiger partial charge in [0.25, 0.3) is 0 Å². The van der Waals surface area contributed by atoms with E-state index in [1.165, 1.54) is 18.7 Å². The standard InChI is InChI=1S/C26H25N5O2S/c1-18-8-6-7-11-23(18)31-25(21-12-14-27-15-13-21)29-30-26(31)34-17-24(33)28-22(19(2)32)16-20-9-4-3-5-10-20/h3-15,22H,16-17H2,1-2H3,(H,28,33)/t22-/m1/s1. The molecule has 2 aromatic heterocycles. The summed E-state index contributed by atoms with van der Waals surface area (Å²) in [6.07, 6.45) is 3.88. The van der Waals surface area contributed by atoms with E-state index in [1.54, 1.807) is 12.4 Å². The van der Waals surface area contributed by atoms with Crippen LogP contribution in [0.25, 0.3) is 17.1 Å². The summed E-state index contributed by atoms with van der Waals surface area (Å²) in [5, 5.41) is 12.2. The van der Waals surface area contributed by atoms with Gasteiger partial charge in [-0.25, -0.2) is 0 Å². The highest BCUT2D eigenvalue weighted by molar-refractivity contribution is 7.99. The fourth-order valence-corrected chi connectivity index (χ4v) is 4.35. The van der Waals surface area contributed by atoms with Crippen molar-refractivity contribution in [3.63, 3.8) is 0 Å². The highest BCUT2D eigenvalue weighted by Gasteiger charge is 2.21. The first-order valence-corrected chi connectivity index (χ1v) is 11.9. The molecular formula is C26H25N5O2S. The third-order valence-electron chi connectivity index (χ3n) is 5.37. The molecule has 0 spiro atoms. The van der Waals surface area contributed by atoms with Gasteiger partial charge >= 0.3 is 0 Å². The smallest absolute Gasteiger partial charge is 0.231 e. The molecule has 0 saturated heterocycles. The number of rotatable bonds is 9. The van der Waals surface area contributed by atoms with Crippen LogP contribution in [0, 0.1) is 6.92 Å². The van der Waals surface area contributed by atoms with Gasteiger partial charge in [0.05, 0.1) is 17.5 Å². The van der Waals surface area contributed by atoms with E-state index in [4.69, 9.17) is 0 Å². The van der Waals surface area contributed by atoms with Crippen molar-refractivity contribution in [2.24, 2.45) is 0 Å². The van der Waals surface area contributed by atoms with Crippen LogP contribution in [0.15, 0.2) is 84.3 Å². The van der Waals surface area contributed by atoms with Crippen LogP contribution in [0.3, 0.4) is 0 Å². The number of nitrogens with zero attached hydrogens (tertiary/aromatic N) is 4. The van der Waals surface area contributed by atoms with Gasteiger partial charge in [0.15, 0.2) is 16.8 Å². The minimum Gasteiger partial charge on any atom is -0.345 e. The highest BCUT2D eigenvalue weighted by Crippen LogP contribution is 2.29. The average molecular weight is 472 g/mol. The van der Waals surface area contributed by atoms with Gasteiger partial charge in [-0.05, 0) is 49.6 Å². The molecule has 4 aromatic rings. The van der Waals surface area contributed by atoms with Crippen molar-refractivity contribution < 1.29 is 9.59 Å². The molecule has 1 atom stereocenters. The summed E-state index contributed by atoms with van der Waals surface area (Å²) in [4.78, 5) is 29.0. The topological polar surface area (TPSA) is 89.8 Å². The fraction of sp³-hybridized carbons (Fsp3) is 0.192. The molecule has 0 fully saturated rings. The number of hydrogen-bond acceptors (Lipinski definition) is 6. The summed E-state index contributed by atoms with van der Waals surface area (Å²) in [5.74, 6) is 0.473. The Morgan fingerprint density at radius 3 is 2.38 bits per heavy atom. The number of thioether (sulfide) groups is 1. The maximum absolute atomic E-state index is 12.8. The lowest BCUT2D eigenvalue weighted by Crippen LogP contribution is -2.42. The van der Waals surface area contributed by atoms with E-state index >= 15 is 0 Å². The zero-order valence-electron chi connectivity index (χ0n) is 19.0. The lowest BCUT2D eigenvalue weighted by molar-refractivity contribution is -0.125. The number of pyridine rings is 1. The SMILES string of the molecule is CC(=O)[C@@H](Cc1ccccc1)NC(=O)CSc1nnc(-c2ccncc2)n1-c1ccccc1C. The summed E-state index contributed by atoms with van der Waals surface area (Å²) in [7, 11) is 0. The molecular weight excluding hydrogens is 446 g/mol. The molecule has 0 saturated carbocycles. The number of para-hydroxylation sites is 1. The third-order valence-corrected chi connectivity index (χ3v) is 6.30. The molecule has 0 aliphatic carbocycles. The lowest BCUT2D eigenvalue weighted by Gasteiger charge is -2.16. The molecule has 1 N–H and O–H groups in total. The van der Waals surface area contributed by atoms with Crippen LogP contribution < -0.4 is 5.32 Å². The molecule has 0 aliphatic heterocycles. The maximum Gasteiger partial charge on any atom is 0.231 e. The van der Waals surface area contributed by atoms with Gasteiger partial charge in [0.1, 0.15) is 0 Å². The van der Waals surface area contributed by atoms with E-state index in [0.29, 0.717) is 17.4 Å². The molecule has 172 valence electrons. The molecule has 0 bridgehead atoms. The summed E-state index contributed by atoms with van der Waals surface area (Å²) >= 11 is 1.28. The van der Waals surface area contributed by atoms with E-state index in [0.717, 1.165) is 22.4 Å². The first kappa shape index (κ1) is 23.4. The van der Waals surface area contributed by atoms with Gasteiger partial charge in [0.2, 0.25) is 5.91 Å². The number of carbonyl (C=O) groups excluding carboxylic acids is 2. The zero-order valence-corrected chi connectivity index (χ0v) is 19.8. The van der Waals surface area contributed by atoms with Crippen LogP contribution in [0.2, 0.25) is 0 Å². The molecule has 4 rings (SSSR count). The fourth-order valence-electron chi connectivity index (χ4n) is 3.60. The van der Waals surface area contributed by atoms with Gasteiger partial charge in [-0.3, -0.25) is 19.1 Å². The van der Waals surface area contributed by atoms with E-state index in [1.807, 2.05) is 78.2 Å². The molecule has 2 heterocycles. The van der Waals surface area contributed by atoms with E-state index in [9.17, 15) is 9.59 Å². The van der Waals surface area contributed by atoms with Crippen LogP contribution in [0.1, 0.15) is 18.1 Å². The summed E-state index contributed by atoms with van der Waals surface area (Å²) in [5.41, 5.74) is 3.87. The Balaban J connectivity index is 1.53. The second-order valence-electron chi connectivity index (χ2n) is 7.87. The molecule has 0 unspecified atom stereocenters. The Morgan fingerprint density at radius 1 is 0.971 bits per heavy atom. The predicted molar refractivity (Wildman–Crippen MR) is 133 cm³/mol. The Kier molecular flexibility index (Phi) is 7.49. The number of Topliss-reactive ketones (excluding diaryl/α,β-unsaturated/α-hetero) is 1. The molecule has 0 radical (unpaired) electrons. The zero-order chi connectivity index (χ0) is 23.9. The van der Waals surface area contributed by atoms with Crippen LogP contribution in [-0.2, 0) is 16.0 Å². The van der Waals surface area contributed by atoms with E-state index in [-0.39, 0.29) is 17.4 Å². The Hall–Kier alpha value is -3.78. The average Bonchev–Trinajstić information content (AvgIpc) is 3.27. The van der Waals surface area contributed by atoms with Crippen LogP contribution in [-0.4, -0.2) is 43.2 Å². The molecule has 2 aromatic carbocycles. The van der Waals surface area contributed by atoms with Crippen molar-refractivity contribution in [1.29, 1.82) is 0 Å². The number of hydrogen-bond donors (Lipinski definition) is 1. The van der Waals surface area contributed by atoms with Crippen LogP contribution in [0.5, 0.6) is 0 Å².